The highest BCUT2D eigenvalue weighted by molar-refractivity contribution is 6.33. The molecule has 1 aromatic carbocycles. The van der Waals surface area contributed by atoms with Gasteiger partial charge in [0.05, 0.1) is 17.6 Å². The van der Waals surface area contributed by atoms with Crippen LogP contribution in [0.1, 0.15) is 17.0 Å². The van der Waals surface area contributed by atoms with Crippen molar-refractivity contribution in [3.63, 3.8) is 0 Å². The zero-order valence-corrected chi connectivity index (χ0v) is 17.3. The molecule has 1 fully saturated rings. The van der Waals surface area contributed by atoms with Crippen LogP contribution in [0.4, 0.5) is 14.5 Å². The number of hydrogen-bond acceptors (Lipinski definition) is 6. The molecule has 30 heavy (non-hydrogen) atoms. The Bertz CT molecular complexity index is 1120. The lowest BCUT2D eigenvalue weighted by atomic mass is 10.1. The molecular weight excluding hydrogens is 416 g/mol. The fourth-order valence-corrected chi connectivity index (χ4v) is 3.82. The summed E-state index contributed by atoms with van der Waals surface area (Å²) in [6, 6.07) is 2.92. The molecule has 158 valence electrons. The summed E-state index contributed by atoms with van der Waals surface area (Å²) in [6.07, 6.45) is 1.44. The summed E-state index contributed by atoms with van der Waals surface area (Å²) in [7, 11) is 0. The molecule has 0 bridgehead atoms. The first-order chi connectivity index (χ1) is 14.3. The number of aromatic nitrogens is 3. The minimum atomic E-state index is -0.888. The van der Waals surface area contributed by atoms with Crippen LogP contribution in [0, 0.1) is 25.5 Å². The van der Waals surface area contributed by atoms with Crippen molar-refractivity contribution < 1.29 is 13.3 Å². The van der Waals surface area contributed by atoms with Crippen LogP contribution in [-0.2, 0) is 6.54 Å². The number of rotatable bonds is 4. The second-order valence-corrected chi connectivity index (χ2v) is 7.60. The van der Waals surface area contributed by atoms with Gasteiger partial charge in [0.1, 0.15) is 22.3 Å². The van der Waals surface area contributed by atoms with Gasteiger partial charge in [0.25, 0.3) is 5.56 Å². The number of hydrogen-bond donors (Lipinski definition) is 0. The van der Waals surface area contributed by atoms with E-state index in [1.807, 2.05) is 18.7 Å². The van der Waals surface area contributed by atoms with Gasteiger partial charge in [-0.2, -0.15) is 9.78 Å². The summed E-state index contributed by atoms with van der Waals surface area (Å²) in [5.41, 5.74) is 1.67. The monoisotopic (exact) mass is 435 g/mol. The maximum atomic E-state index is 14.0. The third-order valence-electron chi connectivity index (χ3n) is 5.31. The van der Waals surface area contributed by atoms with Gasteiger partial charge in [-0.1, -0.05) is 16.8 Å². The van der Waals surface area contributed by atoms with Crippen LogP contribution < -0.4 is 10.5 Å². The van der Waals surface area contributed by atoms with Crippen LogP contribution in [0.25, 0.3) is 5.69 Å². The molecule has 0 atom stereocenters. The molecular formula is C20H20ClF2N5O2. The lowest BCUT2D eigenvalue weighted by Gasteiger charge is -2.36. The van der Waals surface area contributed by atoms with Crippen LogP contribution in [0.3, 0.4) is 0 Å². The number of nitrogens with zero attached hydrogens (tertiary/aromatic N) is 5. The lowest BCUT2D eigenvalue weighted by Crippen LogP contribution is -2.46. The Morgan fingerprint density at radius 3 is 2.50 bits per heavy atom. The van der Waals surface area contributed by atoms with Crippen LogP contribution >= 0.6 is 11.6 Å². The van der Waals surface area contributed by atoms with Crippen LogP contribution in [0.15, 0.2) is 33.7 Å². The highest BCUT2D eigenvalue weighted by Gasteiger charge is 2.23. The fourth-order valence-electron chi connectivity index (χ4n) is 3.57. The van der Waals surface area contributed by atoms with E-state index in [-0.39, 0.29) is 10.7 Å². The van der Waals surface area contributed by atoms with E-state index in [4.69, 9.17) is 16.1 Å². The molecule has 1 aliphatic rings. The molecule has 4 rings (SSSR count). The van der Waals surface area contributed by atoms with Gasteiger partial charge in [-0.3, -0.25) is 9.69 Å². The van der Waals surface area contributed by atoms with Gasteiger partial charge in [-0.25, -0.2) is 8.78 Å². The summed E-state index contributed by atoms with van der Waals surface area (Å²) in [6.45, 7) is 7.39. The van der Waals surface area contributed by atoms with Crippen molar-refractivity contribution in [3.8, 4) is 5.69 Å². The largest absolute Gasteiger partial charge is 0.366 e. The summed E-state index contributed by atoms with van der Waals surface area (Å²) in [5, 5.41) is 8.00. The lowest BCUT2D eigenvalue weighted by molar-refractivity contribution is 0.248. The van der Waals surface area contributed by atoms with Crippen molar-refractivity contribution in [1.82, 2.24) is 19.8 Å². The molecule has 0 spiro atoms. The number of benzene rings is 1. The molecule has 10 heteroatoms. The SMILES string of the molecule is Cc1noc(C)c1CN1CCN(c2cnn(-c3ccc(F)cc3F)c(=O)c2Cl)CC1. The molecule has 0 unspecified atom stereocenters. The average molecular weight is 436 g/mol. The number of aryl methyl sites for hydroxylation is 2. The predicted octanol–water partition coefficient (Wildman–Crippen LogP) is 3.09. The van der Waals surface area contributed by atoms with Gasteiger partial charge >= 0.3 is 0 Å². The van der Waals surface area contributed by atoms with Crippen LogP contribution in [0.2, 0.25) is 5.02 Å². The Balaban J connectivity index is 1.50. The Kier molecular flexibility index (Phi) is 5.57. The molecule has 3 aromatic rings. The van der Waals surface area contributed by atoms with Crippen LogP contribution in [0.5, 0.6) is 0 Å². The molecule has 7 nitrogen and oxygen atoms in total. The fraction of sp³-hybridized carbons (Fsp3) is 0.350. The number of anilines is 1. The van der Waals surface area contributed by atoms with E-state index in [9.17, 15) is 13.6 Å². The molecule has 0 saturated carbocycles. The van der Waals surface area contributed by atoms with Crippen molar-refractivity contribution in [2.75, 3.05) is 31.1 Å². The van der Waals surface area contributed by atoms with E-state index in [2.05, 4.69) is 15.2 Å². The van der Waals surface area contributed by atoms with Crippen molar-refractivity contribution in [2.24, 2.45) is 0 Å². The predicted molar refractivity (Wildman–Crippen MR) is 108 cm³/mol. The Hall–Kier alpha value is -2.78. The molecule has 0 amide bonds. The van der Waals surface area contributed by atoms with Crippen molar-refractivity contribution in [2.45, 2.75) is 20.4 Å². The van der Waals surface area contributed by atoms with Crippen LogP contribution in [-0.4, -0.2) is 46.0 Å². The molecule has 1 saturated heterocycles. The van der Waals surface area contributed by atoms with Gasteiger partial charge in [-0.15, -0.1) is 0 Å². The van der Waals surface area contributed by atoms with Gasteiger partial charge in [-0.05, 0) is 26.0 Å². The number of halogens is 3. The van der Waals surface area contributed by atoms with E-state index < -0.39 is 17.2 Å². The van der Waals surface area contributed by atoms with E-state index in [0.717, 1.165) is 53.5 Å². The van der Waals surface area contributed by atoms with Gasteiger partial charge < -0.3 is 9.42 Å². The Labute approximate surface area is 176 Å². The van der Waals surface area contributed by atoms with E-state index in [1.165, 1.54) is 6.20 Å². The van der Waals surface area contributed by atoms with E-state index >= 15 is 0 Å². The van der Waals surface area contributed by atoms with Gasteiger partial charge in [0.2, 0.25) is 0 Å². The normalized spacial score (nSPS) is 15.0. The smallest absolute Gasteiger partial charge is 0.292 e. The Morgan fingerprint density at radius 2 is 1.87 bits per heavy atom. The molecule has 0 radical (unpaired) electrons. The zero-order chi connectivity index (χ0) is 21.4. The van der Waals surface area contributed by atoms with E-state index in [0.29, 0.717) is 24.8 Å². The summed E-state index contributed by atoms with van der Waals surface area (Å²) >= 11 is 6.31. The first-order valence-corrected chi connectivity index (χ1v) is 9.85. The van der Waals surface area contributed by atoms with Crippen molar-refractivity contribution in [3.05, 3.63) is 68.4 Å². The van der Waals surface area contributed by atoms with Crippen molar-refractivity contribution in [1.29, 1.82) is 0 Å². The topological polar surface area (TPSA) is 67.4 Å². The maximum absolute atomic E-state index is 14.0. The third-order valence-corrected chi connectivity index (χ3v) is 5.67. The first-order valence-electron chi connectivity index (χ1n) is 9.47. The van der Waals surface area contributed by atoms with Gasteiger partial charge in [0, 0.05) is 44.4 Å². The minimum absolute atomic E-state index is 0.0482. The molecule has 1 aliphatic heterocycles. The van der Waals surface area contributed by atoms with Crippen molar-refractivity contribution >= 4 is 17.3 Å². The Morgan fingerprint density at radius 1 is 1.13 bits per heavy atom. The second-order valence-electron chi connectivity index (χ2n) is 7.22. The molecule has 3 heterocycles. The third kappa shape index (κ3) is 3.82. The molecule has 0 aliphatic carbocycles. The van der Waals surface area contributed by atoms with Gasteiger partial charge in [0.15, 0.2) is 5.82 Å². The summed E-state index contributed by atoms with van der Waals surface area (Å²) in [5.74, 6) is -0.804. The average Bonchev–Trinajstić information content (AvgIpc) is 3.03. The zero-order valence-electron chi connectivity index (χ0n) is 16.5. The molecule has 2 aromatic heterocycles. The quantitative estimate of drug-likeness (QED) is 0.627. The first kappa shape index (κ1) is 20.5. The minimum Gasteiger partial charge on any atom is -0.366 e. The van der Waals surface area contributed by atoms with E-state index in [1.54, 1.807) is 0 Å². The maximum Gasteiger partial charge on any atom is 0.292 e. The number of piperazine rings is 1. The second kappa shape index (κ2) is 8.16. The summed E-state index contributed by atoms with van der Waals surface area (Å²) in [4.78, 5) is 16.9. The highest BCUT2D eigenvalue weighted by Crippen LogP contribution is 2.24. The highest BCUT2D eigenvalue weighted by atomic mass is 35.5. The molecule has 0 N–H and O–H groups in total. The summed E-state index contributed by atoms with van der Waals surface area (Å²) < 4.78 is 33.3. The standard InChI is InChI=1S/C20H20ClF2N5O2/c1-12-15(13(2)30-25-12)11-26-5-7-27(8-6-26)18-10-24-28(20(29)19(18)21)17-4-3-14(22)9-16(17)23/h3-4,9-10H,5-8,11H2,1-2H3.